The third-order valence-corrected chi connectivity index (χ3v) is 4.25. The van der Waals surface area contributed by atoms with E-state index in [-0.39, 0.29) is 5.78 Å². The quantitative estimate of drug-likeness (QED) is 0.202. The molecule has 1 aromatic rings. The molecule has 0 atom stereocenters. The smallest absolute Gasteiger partial charge is 0.162 e. The summed E-state index contributed by atoms with van der Waals surface area (Å²) in [6, 6.07) is 7.60. The van der Waals surface area contributed by atoms with Crippen molar-refractivity contribution >= 4 is 5.78 Å². The largest absolute Gasteiger partial charge is 0.494 e. The first-order valence-electron chi connectivity index (χ1n) is 9.65. The van der Waals surface area contributed by atoms with Gasteiger partial charge in [-0.3, -0.25) is 4.79 Å². The molecule has 0 heterocycles. The van der Waals surface area contributed by atoms with Gasteiger partial charge in [-0.05, 0) is 49.9 Å². The van der Waals surface area contributed by atoms with Gasteiger partial charge in [0.25, 0.3) is 0 Å². The maximum atomic E-state index is 11.9. The van der Waals surface area contributed by atoms with Gasteiger partial charge in [0, 0.05) is 12.0 Å². The normalized spacial score (nSPS) is 10.5. The van der Waals surface area contributed by atoms with Crippen LogP contribution in [0.5, 0.6) is 5.75 Å². The zero-order valence-electron chi connectivity index (χ0n) is 15.4. The zero-order chi connectivity index (χ0) is 17.5. The number of carbonyl (C=O) groups excluding carboxylic acids is 1. The fraction of sp³-hybridized carbons (Fsp3) is 0.591. The summed E-state index contributed by atoms with van der Waals surface area (Å²) in [5.74, 6) is 1.10. The molecule has 1 aromatic carbocycles. The number of ketones is 1. The Morgan fingerprint density at radius 1 is 0.958 bits per heavy atom. The SMILES string of the molecule is C=CCCCCCCCCCOc1ccc(C(=O)CCCC)cc1. The van der Waals surface area contributed by atoms with Gasteiger partial charge in [-0.15, -0.1) is 6.58 Å². The van der Waals surface area contributed by atoms with Gasteiger partial charge in [-0.25, -0.2) is 0 Å². The Balaban J connectivity index is 2.07. The first kappa shape index (κ1) is 20.5. The fourth-order valence-corrected chi connectivity index (χ4v) is 2.68. The number of benzene rings is 1. The van der Waals surface area contributed by atoms with Crippen LogP contribution in [0.3, 0.4) is 0 Å². The predicted octanol–water partition coefficient (Wildman–Crippen LogP) is 6.75. The summed E-state index contributed by atoms with van der Waals surface area (Å²) in [4.78, 5) is 11.9. The van der Waals surface area contributed by atoms with Crippen molar-refractivity contribution in [2.75, 3.05) is 6.61 Å². The second-order valence-electron chi connectivity index (χ2n) is 6.45. The van der Waals surface area contributed by atoms with E-state index in [9.17, 15) is 4.79 Å². The molecule has 0 aliphatic rings. The molecule has 0 aliphatic carbocycles. The predicted molar refractivity (Wildman–Crippen MR) is 103 cm³/mol. The monoisotopic (exact) mass is 330 g/mol. The van der Waals surface area contributed by atoms with Crippen molar-refractivity contribution in [2.45, 2.75) is 77.6 Å². The van der Waals surface area contributed by atoms with Crippen molar-refractivity contribution in [2.24, 2.45) is 0 Å². The molecule has 0 fully saturated rings. The maximum Gasteiger partial charge on any atom is 0.162 e. The molecule has 134 valence electrons. The molecule has 0 aliphatic heterocycles. The molecule has 0 N–H and O–H groups in total. The van der Waals surface area contributed by atoms with E-state index in [1.165, 1.54) is 38.5 Å². The Labute approximate surface area is 148 Å². The van der Waals surface area contributed by atoms with Gasteiger partial charge < -0.3 is 4.74 Å². The molecular formula is C22H34O2. The highest BCUT2D eigenvalue weighted by Gasteiger charge is 2.05. The van der Waals surface area contributed by atoms with E-state index in [1.54, 1.807) is 0 Å². The van der Waals surface area contributed by atoms with Gasteiger partial charge in [-0.1, -0.05) is 51.5 Å². The van der Waals surface area contributed by atoms with E-state index >= 15 is 0 Å². The van der Waals surface area contributed by atoms with Crippen molar-refractivity contribution in [3.63, 3.8) is 0 Å². The summed E-state index contributed by atoms with van der Waals surface area (Å²) in [6.07, 6.45) is 14.7. The van der Waals surface area contributed by atoms with Crippen molar-refractivity contribution in [3.05, 3.63) is 42.5 Å². The summed E-state index contributed by atoms with van der Waals surface area (Å²) in [5.41, 5.74) is 0.798. The zero-order valence-corrected chi connectivity index (χ0v) is 15.4. The molecule has 0 unspecified atom stereocenters. The number of ether oxygens (including phenoxy) is 1. The van der Waals surface area contributed by atoms with E-state index in [0.29, 0.717) is 6.42 Å². The van der Waals surface area contributed by atoms with Crippen LogP contribution in [0.15, 0.2) is 36.9 Å². The van der Waals surface area contributed by atoms with E-state index in [1.807, 2.05) is 30.3 Å². The van der Waals surface area contributed by atoms with Crippen molar-refractivity contribution < 1.29 is 9.53 Å². The van der Waals surface area contributed by atoms with E-state index in [4.69, 9.17) is 4.74 Å². The van der Waals surface area contributed by atoms with Crippen LogP contribution in [0.2, 0.25) is 0 Å². The Hall–Kier alpha value is -1.57. The molecule has 0 spiro atoms. The lowest BCUT2D eigenvalue weighted by Crippen LogP contribution is -2.00. The average Bonchev–Trinajstić information content (AvgIpc) is 2.61. The van der Waals surface area contributed by atoms with Crippen LogP contribution in [0.1, 0.15) is 87.9 Å². The van der Waals surface area contributed by atoms with Gasteiger partial charge in [0.2, 0.25) is 0 Å². The summed E-state index contributed by atoms with van der Waals surface area (Å²) < 4.78 is 5.76. The molecule has 2 heteroatoms. The van der Waals surface area contributed by atoms with Crippen LogP contribution in [-0.4, -0.2) is 12.4 Å². The van der Waals surface area contributed by atoms with Crippen molar-refractivity contribution in [1.82, 2.24) is 0 Å². The molecule has 24 heavy (non-hydrogen) atoms. The lowest BCUT2D eigenvalue weighted by molar-refractivity contribution is 0.0979. The molecule has 0 radical (unpaired) electrons. The van der Waals surface area contributed by atoms with E-state index < -0.39 is 0 Å². The molecular weight excluding hydrogens is 296 g/mol. The van der Waals surface area contributed by atoms with Gasteiger partial charge >= 0.3 is 0 Å². The number of hydrogen-bond donors (Lipinski definition) is 0. The van der Waals surface area contributed by atoms with E-state index in [2.05, 4.69) is 13.5 Å². The number of hydrogen-bond acceptors (Lipinski definition) is 2. The minimum absolute atomic E-state index is 0.233. The Bertz CT molecular complexity index is 448. The Kier molecular flexibility index (Phi) is 11.8. The van der Waals surface area contributed by atoms with Crippen molar-refractivity contribution in [1.29, 1.82) is 0 Å². The first-order valence-corrected chi connectivity index (χ1v) is 9.65. The molecule has 0 bridgehead atoms. The van der Waals surface area contributed by atoms with Gasteiger partial charge in [0.15, 0.2) is 5.78 Å². The maximum absolute atomic E-state index is 11.9. The number of carbonyl (C=O) groups is 1. The van der Waals surface area contributed by atoms with Gasteiger partial charge in [-0.2, -0.15) is 0 Å². The minimum Gasteiger partial charge on any atom is -0.494 e. The summed E-state index contributed by atoms with van der Waals surface area (Å²) in [5, 5.41) is 0. The highest BCUT2D eigenvalue weighted by atomic mass is 16.5. The Morgan fingerprint density at radius 3 is 2.21 bits per heavy atom. The molecule has 0 aromatic heterocycles. The summed E-state index contributed by atoms with van der Waals surface area (Å²) in [6.45, 7) is 6.62. The number of Topliss-reactive ketones (excluding diaryl/α,β-unsaturated/α-hetero) is 1. The fourth-order valence-electron chi connectivity index (χ4n) is 2.68. The Morgan fingerprint density at radius 2 is 1.58 bits per heavy atom. The highest BCUT2D eigenvalue weighted by Crippen LogP contribution is 2.15. The lowest BCUT2D eigenvalue weighted by Gasteiger charge is -2.07. The average molecular weight is 331 g/mol. The first-order chi connectivity index (χ1) is 11.8. The van der Waals surface area contributed by atoms with E-state index in [0.717, 1.165) is 43.6 Å². The highest BCUT2D eigenvalue weighted by molar-refractivity contribution is 5.96. The second kappa shape index (κ2) is 13.8. The van der Waals surface area contributed by atoms with Crippen LogP contribution < -0.4 is 4.74 Å². The van der Waals surface area contributed by atoms with Crippen molar-refractivity contribution in [3.8, 4) is 5.75 Å². The summed E-state index contributed by atoms with van der Waals surface area (Å²) >= 11 is 0. The molecule has 0 saturated heterocycles. The van der Waals surface area contributed by atoms with Gasteiger partial charge in [0.05, 0.1) is 6.61 Å². The van der Waals surface area contributed by atoms with Crippen LogP contribution in [0.25, 0.3) is 0 Å². The van der Waals surface area contributed by atoms with Gasteiger partial charge in [0.1, 0.15) is 5.75 Å². The lowest BCUT2D eigenvalue weighted by atomic mass is 10.1. The third kappa shape index (κ3) is 9.54. The second-order valence-corrected chi connectivity index (χ2v) is 6.45. The van der Waals surface area contributed by atoms with Crippen LogP contribution >= 0.6 is 0 Å². The molecule has 0 saturated carbocycles. The molecule has 1 rings (SSSR count). The van der Waals surface area contributed by atoms with Crippen LogP contribution in [0, 0.1) is 0 Å². The third-order valence-electron chi connectivity index (χ3n) is 4.25. The molecule has 2 nitrogen and oxygen atoms in total. The molecule has 0 amide bonds. The van der Waals surface area contributed by atoms with Crippen LogP contribution in [-0.2, 0) is 0 Å². The number of unbranched alkanes of at least 4 members (excludes halogenated alkanes) is 8. The van der Waals surface area contributed by atoms with Crippen LogP contribution in [0.4, 0.5) is 0 Å². The number of allylic oxidation sites excluding steroid dienone is 1. The number of rotatable bonds is 15. The standard InChI is InChI=1S/C22H34O2/c1-3-5-7-8-9-10-11-12-13-19-24-21-17-15-20(16-18-21)22(23)14-6-4-2/h3,15-18H,1,4-14,19H2,2H3. The minimum atomic E-state index is 0.233. The summed E-state index contributed by atoms with van der Waals surface area (Å²) in [7, 11) is 0. The topological polar surface area (TPSA) is 26.3 Å².